The average molecular weight is 289 g/mol. The van der Waals surface area contributed by atoms with Crippen LogP contribution < -0.4 is 0 Å². The molecule has 0 bridgehead atoms. The van der Waals surface area contributed by atoms with Gasteiger partial charge < -0.3 is 0 Å². The van der Waals surface area contributed by atoms with Crippen molar-refractivity contribution >= 4 is 5.78 Å². The third kappa shape index (κ3) is 4.20. The number of benzene rings is 2. The highest BCUT2D eigenvalue weighted by atomic mass is 19.1. The number of hydrogen-bond acceptors (Lipinski definition) is 2. The zero-order chi connectivity index (χ0) is 15.2. The molecule has 21 heavy (non-hydrogen) atoms. The summed E-state index contributed by atoms with van der Waals surface area (Å²) in [5.41, 5.74) is 0.883. The first-order valence-electron chi connectivity index (χ1n) is 6.84. The van der Waals surface area contributed by atoms with Crippen molar-refractivity contribution < 1.29 is 13.6 Å². The van der Waals surface area contributed by atoms with Gasteiger partial charge in [-0.05, 0) is 30.3 Å². The minimum Gasteiger partial charge on any atom is -0.293 e. The van der Waals surface area contributed by atoms with E-state index in [4.69, 9.17) is 0 Å². The van der Waals surface area contributed by atoms with Crippen LogP contribution in [-0.2, 0) is 6.54 Å². The number of halogens is 2. The number of carbonyl (C=O) groups is 1. The molecular weight excluding hydrogens is 272 g/mol. The zero-order valence-corrected chi connectivity index (χ0v) is 11.9. The summed E-state index contributed by atoms with van der Waals surface area (Å²) in [6.45, 7) is 3.24. The van der Waals surface area contributed by atoms with E-state index in [0.29, 0.717) is 13.1 Å². The highest BCUT2D eigenvalue weighted by Gasteiger charge is 2.16. The SMILES string of the molecule is CCN(CC(=O)c1cc(F)ccc1F)Cc1ccccc1. The topological polar surface area (TPSA) is 20.3 Å². The summed E-state index contributed by atoms with van der Waals surface area (Å²) in [7, 11) is 0. The lowest BCUT2D eigenvalue weighted by atomic mass is 10.1. The fraction of sp³-hybridized carbons (Fsp3) is 0.235. The van der Waals surface area contributed by atoms with Gasteiger partial charge in [0.15, 0.2) is 5.78 Å². The summed E-state index contributed by atoms with van der Waals surface area (Å²) in [5.74, 6) is -1.70. The Balaban J connectivity index is 2.07. The summed E-state index contributed by atoms with van der Waals surface area (Å²) in [6, 6.07) is 12.7. The van der Waals surface area contributed by atoms with Gasteiger partial charge in [0.1, 0.15) is 11.6 Å². The minimum atomic E-state index is -0.683. The molecule has 4 heteroatoms. The second kappa shape index (κ2) is 7.09. The van der Waals surface area contributed by atoms with E-state index in [1.165, 1.54) is 0 Å². The molecule has 0 heterocycles. The predicted molar refractivity (Wildman–Crippen MR) is 78.1 cm³/mol. The van der Waals surface area contributed by atoms with E-state index >= 15 is 0 Å². The van der Waals surface area contributed by atoms with Crippen LogP contribution in [0, 0.1) is 11.6 Å². The summed E-state index contributed by atoms with van der Waals surface area (Å²) in [6.07, 6.45) is 0. The van der Waals surface area contributed by atoms with Crippen LogP contribution in [0.4, 0.5) is 8.78 Å². The van der Waals surface area contributed by atoms with E-state index in [-0.39, 0.29) is 12.1 Å². The van der Waals surface area contributed by atoms with Gasteiger partial charge in [0.2, 0.25) is 0 Å². The van der Waals surface area contributed by atoms with Crippen LogP contribution in [0.5, 0.6) is 0 Å². The van der Waals surface area contributed by atoms with Crippen LogP contribution in [0.25, 0.3) is 0 Å². The summed E-state index contributed by atoms with van der Waals surface area (Å²) in [5, 5.41) is 0. The lowest BCUT2D eigenvalue weighted by Crippen LogP contribution is -2.29. The van der Waals surface area contributed by atoms with Crippen LogP contribution in [0.2, 0.25) is 0 Å². The van der Waals surface area contributed by atoms with E-state index in [0.717, 1.165) is 23.8 Å². The molecule has 0 aliphatic heterocycles. The first-order valence-corrected chi connectivity index (χ1v) is 6.84. The Kier molecular flexibility index (Phi) is 5.17. The highest BCUT2D eigenvalue weighted by molar-refractivity contribution is 5.97. The molecule has 2 aromatic carbocycles. The van der Waals surface area contributed by atoms with E-state index in [9.17, 15) is 13.6 Å². The average Bonchev–Trinajstić information content (AvgIpc) is 2.50. The molecular formula is C17H17F2NO. The van der Waals surface area contributed by atoms with Crippen LogP contribution in [0.15, 0.2) is 48.5 Å². The van der Waals surface area contributed by atoms with Gasteiger partial charge in [0, 0.05) is 6.54 Å². The molecule has 0 N–H and O–H groups in total. The van der Waals surface area contributed by atoms with E-state index in [1.807, 2.05) is 42.2 Å². The van der Waals surface area contributed by atoms with E-state index < -0.39 is 17.4 Å². The first-order chi connectivity index (χ1) is 10.1. The van der Waals surface area contributed by atoms with Gasteiger partial charge in [-0.15, -0.1) is 0 Å². The number of hydrogen-bond donors (Lipinski definition) is 0. The number of nitrogens with zero attached hydrogens (tertiary/aromatic N) is 1. The lowest BCUT2D eigenvalue weighted by Gasteiger charge is -2.19. The molecule has 0 radical (unpaired) electrons. The molecule has 0 aliphatic rings. The number of likely N-dealkylation sites (N-methyl/N-ethyl adjacent to an activating group) is 1. The molecule has 0 spiro atoms. The van der Waals surface area contributed by atoms with Crippen LogP contribution in [0.1, 0.15) is 22.8 Å². The Bertz CT molecular complexity index is 613. The van der Waals surface area contributed by atoms with Crippen molar-refractivity contribution in [3.8, 4) is 0 Å². The minimum absolute atomic E-state index is 0.0613. The monoisotopic (exact) mass is 289 g/mol. The van der Waals surface area contributed by atoms with E-state index in [2.05, 4.69) is 0 Å². The van der Waals surface area contributed by atoms with Crippen LogP contribution in [0.3, 0.4) is 0 Å². The Morgan fingerprint density at radius 2 is 1.81 bits per heavy atom. The van der Waals surface area contributed by atoms with Gasteiger partial charge in [0.25, 0.3) is 0 Å². The maximum atomic E-state index is 13.6. The summed E-state index contributed by atoms with van der Waals surface area (Å²) in [4.78, 5) is 14.0. The number of rotatable bonds is 6. The Labute approximate surface area is 123 Å². The van der Waals surface area contributed by atoms with Crippen molar-refractivity contribution in [3.05, 3.63) is 71.3 Å². The molecule has 2 nitrogen and oxygen atoms in total. The molecule has 0 unspecified atom stereocenters. The van der Waals surface area contributed by atoms with Gasteiger partial charge in [-0.3, -0.25) is 9.69 Å². The second-order valence-corrected chi connectivity index (χ2v) is 4.84. The van der Waals surface area contributed by atoms with Gasteiger partial charge in [0.05, 0.1) is 12.1 Å². The van der Waals surface area contributed by atoms with Crippen LogP contribution >= 0.6 is 0 Å². The predicted octanol–water partition coefficient (Wildman–Crippen LogP) is 3.67. The van der Waals surface area contributed by atoms with Gasteiger partial charge >= 0.3 is 0 Å². The molecule has 0 amide bonds. The third-order valence-corrected chi connectivity index (χ3v) is 3.29. The lowest BCUT2D eigenvalue weighted by molar-refractivity contribution is 0.0925. The number of carbonyl (C=O) groups excluding carboxylic acids is 1. The van der Waals surface area contributed by atoms with Gasteiger partial charge in [-0.25, -0.2) is 8.78 Å². The third-order valence-electron chi connectivity index (χ3n) is 3.29. The van der Waals surface area contributed by atoms with Crippen molar-refractivity contribution in [1.29, 1.82) is 0 Å². The summed E-state index contributed by atoms with van der Waals surface area (Å²) < 4.78 is 26.7. The zero-order valence-electron chi connectivity index (χ0n) is 11.9. The second-order valence-electron chi connectivity index (χ2n) is 4.84. The number of Topliss-reactive ketones (excluding diaryl/α,β-unsaturated/α-hetero) is 1. The molecule has 2 aromatic rings. The Morgan fingerprint density at radius 1 is 1.10 bits per heavy atom. The smallest absolute Gasteiger partial charge is 0.179 e. The fourth-order valence-electron chi connectivity index (χ4n) is 2.12. The molecule has 0 atom stereocenters. The molecule has 2 rings (SSSR count). The fourth-order valence-corrected chi connectivity index (χ4v) is 2.12. The maximum absolute atomic E-state index is 13.6. The standard InChI is InChI=1S/C17H17F2NO/c1-2-20(11-13-6-4-3-5-7-13)12-17(21)15-10-14(18)8-9-16(15)19/h3-10H,2,11-12H2,1H3. The molecule has 110 valence electrons. The normalized spacial score (nSPS) is 10.9. The van der Waals surface area contributed by atoms with Crippen molar-refractivity contribution in [2.75, 3.05) is 13.1 Å². The highest BCUT2D eigenvalue weighted by Crippen LogP contribution is 2.12. The molecule has 0 saturated heterocycles. The first kappa shape index (κ1) is 15.3. The Hall–Kier alpha value is -2.07. The molecule has 0 aliphatic carbocycles. The summed E-state index contributed by atoms with van der Waals surface area (Å²) >= 11 is 0. The van der Waals surface area contributed by atoms with Crippen molar-refractivity contribution in [1.82, 2.24) is 4.90 Å². The number of ketones is 1. The van der Waals surface area contributed by atoms with Crippen molar-refractivity contribution in [2.24, 2.45) is 0 Å². The molecule has 0 saturated carbocycles. The van der Waals surface area contributed by atoms with Crippen molar-refractivity contribution in [2.45, 2.75) is 13.5 Å². The van der Waals surface area contributed by atoms with E-state index in [1.54, 1.807) is 0 Å². The van der Waals surface area contributed by atoms with Crippen molar-refractivity contribution in [3.63, 3.8) is 0 Å². The van der Waals surface area contributed by atoms with Crippen LogP contribution in [-0.4, -0.2) is 23.8 Å². The Morgan fingerprint density at radius 3 is 2.48 bits per heavy atom. The largest absolute Gasteiger partial charge is 0.293 e. The quantitative estimate of drug-likeness (QED) is 0.756. The van der Waals surface area contributed by atoms with Gasteiger partial charge in [-0.1, -0.05) is 37.3 Å². The van der Waals surface area contributed by atoms with Gasteiger partial charge in [-0.2, -0.15) is 0 Å². The molecule has 0 aromatic heterocycles. The maximum Gasteiger partial charge on any atom is 0.179 e. The molecule has 0 fully saturated rings.